The number of allylic oxidation sites excluding steroid dienone is 2. The molecular formula is C7H13I. The first kappa shape index (κ1) is 8.47. The summed E-state index contributed by atoms with van der Waals surface area (Å²) in [4.78, 5) is 0. The van der Waals surface area contributed by atoms with Gasteiger partial charge in [0.2, 0.25) is 0 Å². The fourth-order valence-corrected chi connectivity index (χ4v) is 0.816. The van der Waals surface area contributed by atoms with Gasteiger partial charge in [-0.25, -0.2) is 0 Å². The predicted molar refractivity (Wildman–Crippen MR) is 47.3 cm³/mol. The summed E-state index contributed by atoms with van der Waals surface area (Å²) in [5, 5.41) is 0. The Morgan fingerprint density at radius 2 is 2.25 bits per heavy atom. The van der Waals surface area contributed by atoms with Crippen LogP contribution in [0.2, 0.25) is 0 Å². The summed E-state index contributed by atoms with van der Waals surface area (Å²) in [5.41, 5.74) is 0. The summed E-state index contributed by atoms with van der Waals surface area (Å²) >= 11 is 2.34. The van der Waals surface area contributed by atoms with Gasteiger partial charge in [0.1, 0.15) is 0 Å². The summed E-state index contributed by atoms with van der Waals surface area (Å²) in [6.45, 7) is 4.35. The zero-order chi connectivity index (χ0) is 6.41. The van der Waals surface area contributed by atoms with E-state index < -0.39 is 0 Å². The van der Waals surface area contributed by atoms with Gasteiger partial charge >= 0.3 is 0 Å². The second-order valence-corrected chi connectivity index (χ2v) is 3.63. The molecule has 0 spiro atoms. The van der Waals surface area contributed by atoms with Crippen molar-refractivity contribution in [1.29, 1.82) is 0 Å². The van der Waals surface area contributed by atoms with Gasteiger partial charge in [-0.2, -0.15) is 0 Å². The van der Waals surface area contributed by atoms with Crippen LogP contribution in [0.25, 0.3) is 0 Å². The lowest BCUT2D eigenvalue weighted by Crippen LogP contribution is -1.66. The molecule has 0 N–H and O–H groups in total. The highest BCUT2D eigenvalue weighted by Gasteiger charge is 1.79. The molecule has 8 heavy (non-hydrogen) atoms. The quantitative estimate of drug-likeness (QED) is 0.508. The van der Waals surface area contributed by atoms with Crippen molar-refractivity contribution in [3.8, 4) is 0 Å². The summed E-state index contributed by atoms with van der Waals surface area (Å²) in [6, 6.07) is 0. The number of hydrogen-bond acceptors (Lipinski definition) is 0. The van der Waals surface area contributed by atoms with Gasteiger partial charge in [0.15, 0.2) is 0 Å². The molecule has 0 radical (unpaired) electrons. The second-order valence-electron chi connectivity index (χ2n) is 1.93. The Morgan fingerprint density at radius 3 is 2.62 bits per heavy atom. The zero-order valence-electron chi connectivity index (χ0n) is 5.58. The van der Waals surface area contributed by atoms with Crippen LogP contribution < -0.4 is 0 Å². The predicted octanol–water partition coefficient (Wildman–Crippen LogP) is 3.52. The fourth-order valence-electron chi connectivity index (χ4n) is 0.505. The van der Waals surface area contributed by atoms with Crippen LogP contribution in [0.3, 0.4) is 0 Å². The summed E-state index contributed by atoms with van der Waals surface area (Å²) in [5.74, 6) is 0. The summed E-state index contributed by atoms with van der Waals surface area (Å²) in [6.07, 6.45) is 6.18. The van der Waals surface area contributed by atoms with Crippen LogP contribution in [-0.4, -0.2) is 0 Å². The number of unbranched alkanes of at least 4 members (excludes halogenated alkanes) is 2. The molecule has 0 atom stereocenters. The smallest absolute Gasteiger partial charge is 0.0165 e. The van der Waals surface area contributed by atoms with Crippen molar-refractivity contribution in [2.45, 2.75) is 33.1 Å². The maximum absolute atomic E-state index is 2.34. The van der Waals surface area contributed by atoms with Crippen LogP contribution in [0.4, 0.5) is 0 Å². The van der Waals surface area contributed by atoms with Crippen molar-refractivity contribution >= 4 is 22.6 Å². The molecule has 0 amide bonds. The number of rotatable bonds is 3. The van der Waals surface area contributed by atoms with Crippen molar-refractivity contribution in [2.75, 3.05) is 0 Å². The Hall–Kier alpha value is 0.470. The Balaban J connectivity index is 3.03. The van der Waals surface area contributed by atoms with Crippen LogP contribution in [-0.2, 0) is 0 Å². The first-order chi connectivity index (χ1) is 3.77. The third-order valence-electron chi connectivity index (χ3n) is 0.983. The molecule has 0 unspecified atom stereocenters. The average molecular weight is 224 g/mol. The van der Waals surface area contributed by atoms with Crippen molar-refractivity contribution in [1.82, 2.24) is 0 Å². The van der Waals surface area contributed by atoms with Crippen molar-refractivity contribution in [2.24, 2.45) is 0 Å². The molecule has 0 bridgehead atoms. The maximum atomic E-state index is 2.34. The number of hydrogen-bond donors (Lipinski definition) is 0. The van der Waals surface area contributed by atoms with Gasteiger partial charge in [0, 0.05) is 0 Å². The molecule has 0 aliphatic heterocycles. The van der Waals surface area contributed by atoms with Crippen LogP contribution in [0.15, 0.2) is 9.66 Å². The molecule has 1 heteroatoms. The minimum absolute atomic E-state index is 1.26. The molecule has 0 saturated heterocycles. The van der Waals surface area contributed by atoms with Crippen molar-refractivity contribution in [3.05, 3.63) is 9.66 Å². The standard InChI is InChI=1S/C7H13I/c1-3-4-5-6-7(2)8/h6H,3-5H2,1-2H3/b7-6+. The van der Waals surface area contributed by atoms with E-state index in [-0.39, 0.29) is 0 Å². The van der Waals surface area contributed by atoms with Gasteiger partial charge in [0.25, 0.3) is 0 Å². The van der Waals surface area contributed by atoms with E-state index in [1.165, 1.54) is 22.8 Å². The maximum Gasteiger partial charge on any atom is -0.0165 e. The van der Waals surface area contributed by atoms with Crippen LogP contribution >= 0.6 is 22.6 Å². The SMILES string of the molecule is CCCC/C=C(\C)I. The van der Waals surface area contributed by atoms with Crippen LogP contribution in [0, 0.1) is 0 Å². The Morgan fingerprint density at radius 1 is 1.62 bits per heavy atom. The van der Waals surface area contributed by atoms with Crippen molar-refractivity contribution in [3.63, 3.8) is 0 Å². The third-order valence-corrected chi connectivity index (χ3v) is 1.42. The molecule has 0 aliphatic rings. The fraction of sp³-hybridized carbons (Fsp3) is 0.714. The molecule has 0 saturated carbocycles. The van der Waals surface area contributed by atoms with Gasteiger partial charge < -0.3 is 0 Å². The van der Waals surface area contributed by atoms with E-state index in [1.54, 1.807) is 0 Å². The average Bonchev–Trinajstić information content (AvgIpc) is 1.66. The van der Waals surface area contributed by atoms with Gasteiger partial charge in [-0.05, 0) is 39.5 Å². The Kier molecular flexibility index (Phi) is 5.93. The van der Waals surface area contributed by atoms with E-state index in [9.17, 15) is 0 Å². The summed E-state index contributed by atoms with van der Waals surface area (Å²) < 4.78 is 1.41. The van der Waals surface area contributed by atoms with E-state index >= 15 is 0 Å². The highest BCUT2D eigenvalue weighted by Crippen LogP contribution is 2.06. The van der Waals surface area contributed by atoms with E-state index in [0.717, 1.165) is 0 Å². The van der Waals surface area contributed by atoms with Crippen molar-refractivity contribution < 1.29 is 0 Å². The lowest BCUT2D eigenvalue weighted by Gasteiger charge is -1.87. The molecule has 0 aliphatic carbocycles. The molecule has 0 aromatic rings. The summed E-state index contributed by atoms with van der Waals surface area (Å²) in [7, 11) is 0. The minimum Gasteiger partial charge on any atom is -0.0755 e. The Labute approximate surface area is 65.5 Å². The second kappa shape index (κ2) is 5.60. The molecule has 0 rings (SSSR count). The lowest BCUT2D eigenvalue weighted by atomic mass is 10.2. The van der Waals surface area contributed by atoms with Gasteiger partial charge in [-0.3, -0.25) is 0 Å². The third kappa shape index (κ3) is 6.47. The number of halogens is 1. The van der Waals surface area contributed by atoms with E-state index in [0.29, 0.717) is 0 Å². The highest BCUT2D eigenvalue weighted by molar-refractivity contribution is 14.1. The molecule has 0 aromatic heterocycles. The van der Waals surface area contributed by atoms with E-state index in [2.05, 4.69) is 42.5 Å². The molecular weight excluding hydrogens is 211 g/mol. The van der Waals surface area contributed by atoms with Crippen LogP contribution in [0.1, 0.15) is 33.1 Å². The molecule has 0 fully saturated rings. The normalized spacial score (nSPS) is 12.1. The monoisotopic (exact) mass is 224 g/mol. The van der Waals surface area contributed by atoms with Crippen LogP contribution in [0.5, 0.6) is 0 Å². The molecule has 48 valence electrons. The van der Waals surface area contributed by atoms with Gasteiger partial charge in [-0.1, -0.05) is 25.8 Å². The zero-order valence-corrected chi connectivity index (χ0v) is 7.73. The Bertz CT molecular complexity index is 70.5. The van der Waals surface area contributed by atoms with E-state index in [4.69, 9.17) is 0 Å². The van der Waals surface area contributed by atoms with E-state index in [1.807, 2.05) is 0 Å². The van der Waals surface area contributed by atoms with Gasteiger partial charge in [0.05, 0.1) is 0 Å². The van der Waals surface area contributed by atoms with Gasteiger partial charge in [-0.15, -0.1) is 0 Å². The topological polar surface area (TPSA) is 0 Å². The highest BCUT2D eigenvalue weighted by atomic mass is 127. The first-order valence-corrected chi connectivity index (χ1v) is 4.17. The largest absolute Gasteiger partial charge is 0.0755 e. The molecule has 0 nitrogen and oxygen atoms in total. The lowest BCUT2D eigenvalue weighted by molar-refractivity contribution is 0.814. The minimum atomic E-state index is 1.26. The molecule has 0 heterocycles. The molecule has 0 aromatic carbocycles. The first-order valence-electron chi connectivity index (χ1n) is 3.09.